The van der Waals surface area contributed by atoms with E-state index >= 15 is 0 Å². The number of ketones is 1. The lowest BCUT2D eigenvalue weighted by Crippen LogP contribution is -2.41. The second kappa shape index (κ2) is 11.7. The molecule has 1 saturated heterocycles. The Morgan fingerprint density at radius 1 is 1.12 bits per heavy atom. The molecule has 0 spiro atoms. The average molecular weight is 439 g/mol. The molecule has 1 aliphatic rings. The van der Waals surface area contributed by atoms with Crippen molar-refractivity contribution in [2.24, 2.45) is 5.92 Å². The number of benzene rings is 2. The summed E-state index contributed by atoms with van der Waals surface area (Å²) in [7, 11) is 3.83. The van der Waals surface area contributed by atoms with Gasteiger partial charge >= 0.3 is 0 Å². The van der Waals surface area contributed by atoms with Crippen molar-refractivity contribution in [2.45, 2.75) is 38.6 Å². The van der Waals surface area contributed by atoms with E-state index in [2.05, 4.69) is 29.4 Å². The van der Waals surface area contributed by atoms with Crippen LogP contribution in [-0.4, -0.2) is 50.4 Å². The standard InChI is InChI=1S/C26H34N2O4/c1-19(29)21-7-4-9-24(17-21)32-16-6-10-25(30)27-18-22-8-5-15-28(2)26(22)20-11-13-23(31-3)14-12-20/h4,7,9,11-14,17,22,26H,5-6,8,10,15-16,18H2,1-3H3,(H,27,30). The summed E-state index contributed by atoms with van der Waals surface area (Å²) in [6, 6.07) is 15.7. The lowest BCUT2D eigenvalue weighted by Gasteiger charge is -2.39. The largest absolute Gasteiger partial charge is 0.497 e. The van der Waals surface area contributed by atoms with E-state index in [0.717, 1.165) is 25.1 Å². The smallest absolute Gasteiger partial charge is 0.220 e. The number of hydrogen-bond donors (Lipinski definition) is 1. The SMILES string of the molecule is COc1ccc(C2C(CNC(=O)CCCOc3cccc(C(C)=O)c3)CCCN2C)cc1. The molecule has 172 valence electrons. The van der Waals surface area contributed by atoms with Gasteiger partial charge in [-0.2, -0.15) is 0 Å². The van der Waals surface area contributed by atoms with Gasteiger partial charge in [0.1, 0.15) is 11.5 Å². The number of hydrogen-bond acceptors (Lipinski definition) is 5. The molecule has 1 heterocycles. The van der Waals surface area contributed by atoms with Gasteiger partial charge in [0.15, 0.2) is 5.78 Å². The van der Waals surface area contributed by atoms with Crippen molar-refractivity contribution >= 4 is 11.7 Å². The van der Waals surface area contributed by atoms with Gasteiger partial charge in [0.25, 0.3) is 0 Å². The van der Waals surface area contributed by atoms with Crippen LogP contribution in [0.15, 0.2) is 48.5 Å². The van der Waals surface area contributed by atoms with Crippen molar-refractivity contribution < 1.29 is 19.1 Å². The highest BCUT2D eigenvalue weighted by Crippen LogP contribution is 2.35. The Bertz CT molecular complexity index is 897. The van der Waals surface area contributed by atoms with E-state index in [1.165, 1.54) is 12.5 Å². The van der Waals surface area contributed by atoms with E-state index < -0.39 is 0 Å². The molecule has 0 aromatic heterocycles. The maximum Gasteiger partial charge on any atom is 0.220 e. The van der Waals surface area contributed by atoms with Crippen molar-refractivity contribution in [3.63, 3.8) is 0 Å². The summed E-state index contributed by atoms with van der Waals surface area (Å²) < 4.78 is 11.0. The maximum absolute atomic E-state index is 12.4. The molecular weight excluding hydrogens is 404 g/mol. The van der Waals surface area contributed by atoms with Gasteiger partial charge in [0.2, 0.25) is 5.91 Å². The first-order valence-corrected chi connectivity index (χ1v) is 11.3. The fraction of sp³-hybridized carbons (Fsp3) is 0.462. The van der Waals surface area contributed by atoms with Gasteiger partial charge in [-0.1, -0.05) is 24.3 Å². The van der Waals surface area contributed by atoms with Crippen LogP contribution in [0.2, 0.25) is 0 Å². The molecule has 3 rings (SSSR count). The van der Waals surface area contributed by atoms with E-state index in [1.54, 1.807) is 25.3 Å². The molecule has 6 heteroatoms. The minimum atomic E-state index is 0.0103. The molecule has 2 unspecified atom stereocenters. The number of nitrogens with one attached hydrogen (secondary N) is 1. The summed E-state index contributed by atoms with van der Waals surface area (Å²) in [6.45, 7) is 3.70. The van der Waals surface area contributed by atoms with Crippen LogP contribution in [0.1, 0.15) is 54.6 Å². The molecule has 1 N–H and O–H groups in total. The minimum Gasteiger partial charge on any atom is -0.497 e. The topological polar surface area (TPSA) is 67.9 Å². The number of Topliss-reactive ketones (excluding diaryl/α,β-unsaturated/α-hetero) is 1. The zero-order valence-electron chi connectivity index (χ0n) is 19.3. The summed E-state index contributed by atoms with van der Waals surface area (Å²) >= 11 is 0. The number of ether oxygens (including phenoxy) is 2. The van der Waals surface area contributed by atoms with E-state index in [4.69, 9.17) is 9.47 Å². The molecule has 32 heavy (non-hydrogen) atoms. The normalized spacial score (nSPS) is 18.7. The summed E-state index contributed by atoms with van der Waals surface area (Å²) in [4.78, 5) is 26.3. The highest BCUT2D eigenvalue weighted by Gasteiger charge is 2.30. The summed E-state index contributed by atoms with van der Waals surface area (Å²) in [5, 5.41) is 3.13. The summed E-state index contributed by atoms with van der Waals surface area (Å²) in [6.07, 6.45) is 3.28. The van der Waals surface area contributed by atoms with E-state index in [1.807, 2.05) is 18.2 Å². The van der Waals surface area contributed by atoms with Crippen molar-refractivity contribution in [1.82, 2.24) is 10.2 Å². The Labute approximate surface area is 190 Å². The van der Waals surface area contributed by atoms with Crippen LogP contribution in [0.4, 0.5) is 0 Å². The summed E-state index contributed by atoms with van der Waals surface area (Å²) in [5.74, 6) is 1.94. The Kier molecular flexibility index (Phi) is 8.68. The molecule has 2 atom stereocenters. The number of carbonyl (C=O) groups is 2. The van der Waals surface area contributed by atoms with Crippen molar-refractivity contribution in [1.29, 1.82) is 0 Å². The molecule has 0 saturated carbocycles. The number of amides is 1. The zero-order chi connectivity index (χ0) is 22.9. The number of methoxy groups -OCH3 is 1. The lowest BCUT2D eigenvalue weighted by atomic mass is 9.85. The van der Waals surface area contributed by atoms with Gasteiger partial charge in [0.05, 0.1) is 13.7 Å². The Balaban J connectivity index is 1.45. The third kappa shape index (κ3) is 6.57. The van der Waals surface area contributed by atoms with E-state index in [9.17, 15) is 9.59 Å². The summed E-state index contributed by atoms with van der Waals surface area (Å²) in [5.41, 5.74) is 1.89. The van der Waals surface area contributed by atoms with Gasteiger partial charge in [-0.05, 0) is 75.5 Å². The number of piperidine rings is 1. The van der Waals surface area contributed by atoms with Gasteiger partial charge in [-0.25, -0.2) is 0 Å². The molecule has 1 fully saturated rings. The average Bonchev–Trinajstić information content (AvgIpc) is 2.81. The molecule has 0 bridgehead atoms. The molecule has 0 aliphatic carbocycles. The third-order valence-electron chi connectivity index (χ3n) is 6.08. The number of carbonyl (C=O) groups excluding carboxylic acids is 2. The monoisotopic (exact) mass is 438 g/mol. The van der Waals surface area contributed by atoms with Crippen LogP contribution in [0, 0.1) is 5.92 Å². The van der Waals surface area contributed by atoms with E-state index in [-0.39, 0.29) is 17.7 Å². The Morgan fingerprint density at radius 3 is 2.62 bits per heavy atom. The van der Waals surface area contributed by atoms with Crippen molar-refractivity contribution in [3.05, 3.63) is 59.7 Å². The molecule has 1 aliphatic heterocycles. The van der Waals surface area contributed by atoms with Gasteiger partial charge in [0, 0.05) is 24.6 Å². The second-order valence-electron chi connectivity index (χ2n) is 8.44. The third-order valence-corrected chi connectivity index (χ3v) is 6.08. The number of likely N-dealkylation sites (tertiary alicyclic amines) is 1. The Morgan fingerprint density at radius 2 is 1.91 bits per heavy atom. The van der Waals surface area contributed by atoms with Gasteiger partial charge in [-0.15, -0.1) is 0 Å². The number of rotatable bonds is 10. The van der Waals surface area contributed by atoms with E-state index in [0.29, 0.717) is 43.2 Å². The van der Waals surface area contributed by atoms with Crippen LogP contribution in [-0.2, 0) is 4.79 Å². The van der Waals surface area contributed by atoms with Crippen molar-refractivity contribution in [2.75, 3.05) is 33.9 Å². The van der Waals surface area contributed by atoms with Crippen LogP contribution >= 0.6 is 0 Å². The number of nitrogens with zero attached hydrogens (tertiary/aromatic N) is 1. The first kappa shape index (κ1) is 23.8. The highest BCUT2D eigenvalue weighted by molar-refractivity contribution is 5.94. The van der Waals surface area contributed by atoms with Crippen LogP contribution < -0.4 is 14.8 Å². The van der Waals surface area contributed by atoms with Crippen LogP contribution in [0.3, 0.4) is 0 Å². The van der Waals surface area contributed by atoms with Crippen LogP contribution in [0.25, 0.3) is 0 Å². The zero-order valence-corrected chi connectivity index (χ0v) is 19.3. The maximum atomic E-state index is 12.4. The fourth-order valence-corrected chi connectivity index (χ4v) is 4.36. The molecule has 0 radical (unpaired) electrons. The van der Waals surface area contributed by atoms with Gasteiger partial charge < -0.3 is 14.8 Å². The first-order chi connectivity index (χ1) is 15.5. The Hall–Kier alpha value is -2.86. The quantitative estimate of drug-likeness (QED) is 0.444. The predicted molar refractivity (Wildman–Crippen MR) is 125 cm³/mol. The first-order valence-electron chi connectivity index (χ1n) is 11.3. The highest BCUT2D eigenvalue weighted by atomic mass is 16.5. The van der Waals surface area contributed by atoms with Crippen LogP contribution in [0.5, 0.6) is 11.5 Å². The second-order valence-corrected chi connectivity index (χ2v) is 8.44. The van der Waals surface area contributed by atoms with Crippen molar-refractivity contribution in [3.8, 4) is 11.5 Å². The lowest BCUT2D eigenvalue weighted by molar-refractivity contribution is -0.121. The van der Waals surface area contributed by atoms with Gasteiger partial charge in [-0.3, -0.25) is 14.5 Å². The molecule has 1 amide bonds. The minimum absolute atomic E-state index is 0.0103. The molecular formula is C26H34N2O4. The molecule has 2 aromatic rings. The molecule has 6 nitrogen and oxygen atoms in total. The fourth-order valence-electron chi connectivity index (χ4n) is 4.36. The predicted octanol–water partition coefficient (Wildman–Crippen LogP) is 4.26. The molecule has 2 aromatic carbocycles.